The zero-order valence-electron chi connectivity index (χ0n) is 22.8. The van der Waals surface area contributed by atoms with E-state index >= 15 is 0 Å². The predicted molar refractivity (Wildman–Crippen MR) is 160 cm³/mol. The fourth-order valence-corrected chi connectivity index (χ4v) is 6.37. The number of pyridine rings is 1. The van der Waals surface area contributed by atoms with E-state index in [1.165, 1.54) is 33.8 Å². The standard InChI is InChI=1S/C28H28Cl2N8O4/c1-35-7-15-9-37(10-16(15)8-35)22-5-21(20(30)6-32-22)34-23(39)12-38-11-18(24-27(38)33-13-36(2)28(24)42)14-3-17(26(31)41)25(40)19(29)4-14/h3-6,11,13,15-16,40H,7-10,12H2,1-2H3,(H2,31,41)(H,32,34,39). The first-order chi connectivity index (χ1) is 20.0. The summed E-state index contributed by atoms with van der Waals surface area (Å²) in [4.78, 5) is 51.9. The Hall–Kier alpha value is -4.13. The van der Waals surface area contributed by atoms with Crippen molar-refractivity contribution in [1.29, 1.82) is 0 Å². The van der Waals surface area contributed by atoms with Gasteiger partial charge in [-0.05, 0) is 36.6 Å². The Morgan fingerprint density at radius 2 is 1.79 bits per heavy atom. The lowest BCUT2D eigenvalue weighted by Crippen LogP contribution is -2.27. The molecule has 42 heavy (non-hydrogen) atoms. The highest BCUT2D eigenvalue weighted by Gasteiger charge is 2.39. The number of likely N-dealkylation sites (tertiary alicyclic amines) is 1. The fourth-order valence-electron chi connectivity index (χ4n) is 6.00. The third-order valence-corrected chi connectivity index (χ3v) is 8.59. The molecular weight excluding hydrogens is 583 g/mol. The number of carbonyl (C=O) groups excluding carboxylic acids is 2. The number of rotatable bonds is 6. The molecule has 1 aromatic carbocycles. The number of amides is 2. The van der Waals surface area contributed by atoms with Gasteiger partial charge < -0.3 is 35.1 Å². The molecule has 2 unspecified atom stereocenters. The molecule has 2 amide bonds. The molecule has 12 nitrogen and oxygen atoms in total. The van der Waals surface area contributed by atoms with Gasteiger partial charge in [0.15, 0.2) is 0 Å². The molecular formula is C28H28Cl2N8O4. The minimum atomic E-state index is -0.886. The maximum atomic E-state index is 13.3. The van der Waals surface area contributed by atoms with Gasteiger partial charge in [-0.15, -0.1) is 0 Å². The van der Waals surface area contributed by atoms with Gasteiger partial charge in [0.25, 0.3) is 11.5 Å². The molecule has 2 aliphatic heterocycles. The average Bonchev–Trinajstić information content (AvgIpc) is 3.60. The number of phenols is 1. The predicted octanol–water partition coefficient (Wildman–Crippen LogP) is 2.54. The number of hydrogen-bond donors (Lipinski definition) is 3. The number of anilines is 2. The van der Waals surface area contributed by atoms with Crippen LogP contribution in [0.25, 0.3) is 22.2 Å². The van der Waals surface area contributed by atoms with E-state index in [-0.39, 0.29) is 33.7 Å². The monoisotopic (exact) mass is 610 g/mol. The smallest absolute Gasteiger partial charge is 0.263 e. The Morgan fingerprint density at radius 3 is 2.48 bits per heavy atom. The molecule has 0 radical (unpaired) electrons. The molecule has 3 aromatic heterocycles. The second-order valence-corrected chi connectivity index (χ2v) is 11.8. The van der Waals surface area contributed by atoms with Crippen LogP contribution < -0.4 is 21.5 Å². The Morgan fingerprint density at radius 1 is 1.07 bits per heavy atom. The van der Waals surface area contributed by atoms with Crippen molar-refractivity contribution in [1.82, 2.24) is 24.0 Å². The maximum absolute atomic E-state index is 13.3. The summed E-state index contributed by atoms with van der Waals surface area (Å²) in [5, 5.41) is 13.5. The Balaban J connectivity index is 1.30. The number of aromatic nitrogens is 4. The average molecular weight is 611 g/mol. The maximum Gasteiger partial charge on any atom is 0.263 e. The van der Waals surface area contributed by atoms with Crippen LogP contribution in [0.2, 0.25) is 10.0 Å². The van der Waals surface area contributed by atoms with Crippen molar-refractivity contribution in [3.63, 3.8) is 0 Å². The molecule has 2 saturated heterocycles. The Bertz CT molecular complexity index is 1810. The molecule has 4 aromatic rings. The highest BCUT2D eigenvalue weighted by molar-refractivity contribution is 6.34. The van der Waals surface area contributed by atoms with Crippen LogP contribution in [0.1, 0.15) is 10.4 Å². The van der Waals surface area contributed by atoms with Gasteiger partial charge in [-0.1, -0.05) is 23.2 Å². The fraction of sp³-hybridized carbons (Fsp3) is 0.321. The second kappa shape index (κ2) is 10.6. The van der Waals surface area contributed by atoms with Crippen LogP contribution in [0.4, 0.5) is 11.5 Å². The van der Waals surface area contributed by atoms with Gasteiger partial charge in [0.05, 0.1) is 39.2 Å². The van der Waals surface area contributed by atoms with E-state index in [9.17, 15) is 19.5 Å². The van der Waals surface area contributed by atoms with Crippen LogP contribution in [0, 0.1) is 11.8 Å². The van der Waals surface area contributed by atoms with Crippen molar-refractivity contribution < 1.29 is 14.7 Å². The highest BCUT2D eigenvalue weighted by Crippen LogP contribution is 2.37. The number of primary amides is 1. The van der Waals surface area contributed by atoms with E-state index < -0.39 is 17.6 Å². The van der Waals surface area contributed by atoms with Gasteiger partial charge in [0.2, 0.25) is 5.91 Å². The van der Waals surface area contributed by atoms with Crippen molar-refractivity contribution in [2.75, 3.05) is 43.4 Å². The first kappa shape index (κ1) is 28.0. The number of nitrogens with zero attached hydrogens (tertiary/aromatic N) is 6. The van der Waals surface area contributed by atoms with Crippen molar-refractivity contribution in [3.8, 4) is 16.9 Å². The number of aromatic hydroxyl groups is 1. The molecule has 14 heteroatoms. The van der Waals surface area contributed by atoms with Crippen molar-refractivity contribution >= 4 is 57.6 Å². The molecule has 2 atom stereocenters. The Labute approximate surface area is 250 Å². The largest absolute Gasteiger partial charge is 0.506 e. The number of halogens is 2. The number of carbonyl (C=O) groups is 2. The van der Waals surface area contributed by atoms with Crippen molar-refractivity contribution in [2.24, 2.45) is 24.6 Å². The summed E-state index contributed by atoms with van der Waals surface area (Å²) < 4.78 is 2.83. The number of nitrogens with one attached hydrogen (secondary N) is 1. The van der Waals surface area contributed by atoms with Gasteiger partial charge >= 0.3 is 0 Å². The van der Waals surface area contributed by atoms with Crippen LogP contribution in [0.15, 0.2) is 41.7 Å². The molecule has 0 aliphatic carbocycles. The summed E-state index contributed by atoms with van der Waals surface area (Å²) in [6.07, 6.45) is 4.47. The van der Waals surface area contributed by atoms with E-state index in [1.807, 2.05) is 0 Å². The minimum Gasteiger partial charge on any atom is -0.506 e. The zero-order valence-corrected chi connectivity index (χ0v) is 24.4. The van der Waals surface area contributed by atoms with E-state index in [2.05, 4.69) is 32.1 Å². The van der Waals surface area contributed by atoms with Gasteiger partial charge in [-0.3, -0.25) is 14.4 Å². The highest BCUT2D eigenvalue weighted by atomic mass is 35.5. The summed E-state index contributed by atoms with van der Waals surface area (Å²) >= 11 is 12.6. The summed E-state index contributed by atoms with van der Waals surface area (Å²) in [6, 6.07) is 4.54. The van der Waals surface area contributed by atoms with E-state index in [1.54, 1.807) is 19.3 Å². The number of nitrogens with two attached hydrogens (primary N) is 1. The normalized spacial score (nSPS) is 18.5. The number of benzene rings is 1. The molecule has 218 valence electrons. The summed E-state index contributed by atoms with van der Waals surface area (Å²) in [7, 11) is 3.69. The third kappa shape index (κ3) is 4.95. The van der Waals surface area contributed by atoms with Crippen LogP contribution in [-0.2, 0) is 18.4 Å². The topological polar surface area (TPSA) is 152 Å². The number of hydrogen-bond acceptors (Lipinski definition) is 8. The van der Waals surface area contributed by atoms with Gasteiger partial charge in [-0.25, -0.2) is 9.97 Å². The molecule has 6 rings (SSSR count). The molecule has 2 aliphatic rings. The lowest BCUT2D eigenvalue weighted by molar-refractivity contribution is -0.116. The zero-order chi connectivity index (χ0) is 29.9. The van der Waals surface area contributed by atoms with Gasteiger partial charge in [0, 0.05) is 51.1 Å². The van der Waals surface area contributed by atoms with Crippen molar-refractivity contribution in [3.05, 3.63) is 62.9 Å². The lowest BCUT2D eigenvalue weighted by atomic mass is 10.0. The van der Waals surface area contributed by atoms with E-state index in [0.717, 1.165) is 32.0 Å². The Kier molecular flexibility index (Phi) is 7.08. The van der Waals surface area contributed by atoms with E-state index in [4.69, 9.17) is 28.9 Å². The lowest BCUT2D eigenvalue weighted by Gasteiger charge is -2.21. The first-order valence-electron chi connectivity index (χ1n) is 13.3. The minimum absolute atomic E-state index is 0.113. The van der Waals surface area contributed by atoms with Gasteiger partial charge in [0.1, 0.15) is 23.8 Å². The molecule has 0 spiro atoms. The molecule has 2 fully saturated rings. The molecule has 4 N–H and O–H groups in total. The SMILES string of the molecule is CN1CC2CN(c3cc(NC(=O)Cn4cc(-c5cc(Cl)c(O)c(C(N)=O)c5)c5c(=O)n(C)cnc54)c(Cl)cn3)CC2C1. The first-order valence-corrected chi connectivity index (χ1v) is 14.0. The van der Waals surface area contributed by atoms with Gasteiger partial charge in [-0.2, -0.15) is 0 Å². The third-order valence-electron chi connectivity index (χ3n) is 8.00. The van der Waals surface area contributed by atoms with Crippen LogP contribution in [-0.4, -0.2) is 74.1 Å². The molecule has 0 bridgehead atoms. The number of fused-ring (bicyclic) bond motifs is 2. The van der Waals surface area contributed by atoms with E-state index in [0.29, 0.717) is 33.7 Å². The molecule has 0 saturated carbocycles. The number of aryl methyl sites for hydroxylation is 1. The summed E-state index contributed by atoms with van der Waals surface area (Å²) in [5.74, 6) is 0.180. The quantitative estimate of drug-likeness (QED) is 0.301. The molecule has 5 heterocycles. The van der Waals surface area contributed by atoms with Crippen LogP contribution >= 0.6 is 23.2 Å². The summed E-state index contributed by atoms with van der Waals surface area (Å²) in [5.41, 5.74) is 6.24. The second-order valence-electron chi connectivity index (χ2n) is 11.0. The van der Waals surface area contributed by atoms with Crippen LogP contribution in [0.3, 0.4) is 0 Å². The van der Waals surface area contributed by atoms with Crippen molar-refractivity contribution in [2.45, 2.75) is 6.54 Å². The summed E-state index contributed by atoms with van der Waals surface area (Å²) in [6.45, 7) is 3.72. The van der Waals surface area contributed by atoms with Crippen LogP contribution in [0.5, 0.6) is 5.75 Å².